The maximum absolute atomic E-state index is 12.4. The summed E-state index contributed by atoms with van der Waals surface area (Å²) in [6, 6.07) is 12.8. The van der Waals surface area contributed by atoms with Crippen LogP contribution < -0.4 is 11.1 Å². The highest BCUT2D eigenvalue weighted by molar-refractivity contribution is 7.99. The number of pyridine rings is 1. The van der Waals surface area contributed by atoms with E-state index in [1.165, 1.54) is 18.9 Å². The van der Waals surface area contributed by atoms with E-state index < -0.39 is 0 Å². The van der Waals surface area contributed by atoms with Crippen molar-refractivity contribution >= 4 is 29.2 Å². The fourth-order valence-electron chi connectivity index (χ4n) is 2.75. The van der Waals surface area contributed by atoms with Gasteiger partial charge in [-0.15, -0.1) is 11.8 Å². The van der Waals surface area contributed by atoms with E-state index in [0.29, 0.717) is 21.5 Å². The van der Waals surface area contributed by atoms with Crippen molar-refractivity contribution in [1.82, 2.24) is 4.98 Å². The molecule has 1 aromatic carbocycles. The van der Waals surface area contributed by atoms with E-state index >= 15 is 0 Å². The first-order valence-electron chi connectivity index (χ1n) is 7.91. The van der Waals surface area contributed by atoms with E-state index in [1.807, 2.05) is 18.2 Å². The zero-order chi connectivity index (χ0) is 16.9. The molecule has 0 bridgehead atoms. The number of nitrogen functional groups attached to an aromatic ring is 1. The Balaban J connectivity index is 1.83. The minimum atomic E-state index is -0.361. The molecule has 0 saturated heterocycles. The van der Waals surface area contributed by atoms with E-state index in [9.17, 15) is 10.1 Å². The molecule has 122 valence electrons. The van der Waals surface area contributed by atoms with Crippen molar-refractivity contribution < 1.29 is 4.79 Å². The van der Waals surface area contributed by atoms with Gasteiger partial charge < -0.3 is 11.1 Å². The summed E-state index contributed by atoms with van der Waals surface area (Å²) in [5.74, 6) is -0.206. The van der Waals surface area contributed by atoms with Crippen LogP contribution >= 0.6 is 11.8 Å². The van der Waals surface area contributed by atoms with Crippen molar-refractivity contribution in [3.63, 3.8) is 0 Å². The van der Waals surface area contributed by atoms with Gasteiger partial charge in [0.15, 0.2) is 0 Å². The maximum Gasteiger partial charge on any atom is 0.259 e. The first-order chi connectivity index (χ1) is 11.7. The topological polar surface area (TPSA) is 91.8 Å². The number of hydrogen-bond acceptors (Lipinski definition) is 5. The molecule has 1 aliphatic rings. The van der Waals surface area contributed by atoms with Crippen molar-refractivity contribution in [2.75, 3.05) is 11.1 Å². The number of aromatic nitrogens is 1. The first kappa shape index (κ1) is 16.3. The third-order valence-electron chi connectivity index (χ3n) is 3.99. The number of nitriles is 1. The summed E-state index contributed by atoms with van der Waals surface area (Å²) in [4.78, 5) is 16.7. The average Bonchev–Trinajstić information content (AvgIpc) is 3.09. The number of nitrogens with one attached hydrogen (secondary N) is 1. The van der Waals surface area contributed by atoms with E-state index in [1.54, 1.807) is 23.9 Å². The molecular formula is C18H18N4OS. The van der Waals surface area contributed by atoms with Crippen LogP contribution in [0.2, 0.25) is 0 Å². The number of rotatable bonds is 4. The van der Waals surface area contributed by atoms with Crippen LogP contribution in [0, 0.1) is 11.3 Å². The zero-order valence-electron chi connectivity index (χ0n) is 13.2. The second kappa shape index (κ2) is 7.37. The summed E-state index contributed by atoms with van der Waals surface area (Å²) in [6.45, 7) is 0. The number of thioether (sulfide) groups is 1. The Morgan fingerprint density at radius 2 is 2.00 bits per heavy atom. The number of amides is 1. The molecule has 0 unspecified atom stereocenters. The second-order valence-electron chi connectivity index (χ2n) is 5.73. The number of benzene rings is 1. The van der Waals surface area contributed by atoms with Gasteiger partial charge in [0.25, 0.3) is 5.91 Å². The van der Waals surface area contributed by atoms with Crippen LogP contribution in [-0.2, 0) is 0 Å². The third-order valence-corrected chi connectivity index (χ3v) is 5.33. The molecule has 3 N–H and O–H groups in total. The largest absolute Gasteiger partial charge is 0.383 e. The number of carbonyl (C=O) groups excluding carboxylic acids is 1. The lowest BCUT2D eigenvalue weighted by atomic mass is 10.2. The Morgan fingerprint density at radius 1 is 1.29 bits per heavy atom. The number of carbonyl (C=O) groups is 1. The minimum Gasteiger partial charge on any atom is -0.383 e. The number of para-hydroxylation sites is 1. The van der Waals surface area contributed by atoms with E-state index in [0.717, 1.165) is 12.8 Å². The summed E-state index contributed by atoms with van der Waals surface area (Å²) in [5.41, 5.74) is 7.28. The zero-order valence-corrected chi connectivity index (χ0v) is 14.0. The number of anilines is 2. The molecular weight excluding hydrogens is 320 g/mol. The summed E-state index contributed by atoms with van der Waals surface area (Å²) < 4.78 is 0. The van der Waals surface area contributed by atoms with Crippen LogP contribution in [0.25, 0.3) is 0 Å². The maximum atomic E-state index is 12.4. The Hall–Kier alpha value is -2.52. The smallest absolute Gasteiger partial charge is 0.259 e. The lowest BCUT2D eigenvalue weighted by Gasteiger charge is -2.12. The molecule has 0 aliphatic heterocycles. The van der Waals surface area contributed by atoms with Crippen LogP contribution in [-0.4, -0.2) is 16.1 Å². The molecule has 0 spiro atoms. The Labute approximate surface area is 145 Å². The Kier molecular flexibility index (Phi) is 5.02. The van der Waals surface area contributed by atoms with Gasteiger partial charge >= 0.3 is 0 Å². The monoisotopic (exact) mass is 338 g/mol. The fourth-order valence-corrected chi connectivity index (χ4v) is 4.01. The van der Waals surface area contributed by atoms with E-state index in [-0.39, 0.29) is 17.3 Å². The van der Waals surface area contributed by atoms with Crippen LogP contribution in [0.1, 0.15) is 41.6 Å². The number of nitrogens with zero attached hydrogens (tertiary/aromatic N) is 2. The van der Waals surface area contributed by atoms with Crippen LogP contribution in [0.15, 0.2) is 41.4 Å². The van der Waals surface area contributed by atoms with Crippen LogP contribution in [0.4, 0.5) is 11.5 Å². The molecule has 1 aliphatic carbocycles. The number of hydrogen-bond donors (Lipinski definition) is 2. The highest BCUT2D eigenvalue weighted by Crippen LogP contribution is 2.36. The SMILES string of the molecule is N#Cc1cc(C(=O)Nc2ccccc2)c(N)nc1SC1CCCC1. The minimum absolute atomic E-state index is 0.155. The molecule has 3 rings (SSSR count). The van der Waals surface area contributed by atoms with E-state index in [2.05, 4.69) is 16.4 Å². The quantitative estimate of drug-likeness (QED) is 0.884. The molecule has 1 fully saturated rings. The highest BCUT2D eigenvalue weighted by atomic mass is 32.2. The molecule has 6 heteroatoms. The van der Waals surface area contributed by atoms with Crippen molar-refractivity contribution in [3.8, 4) is 6.07 Å². The molecule has 1 saturated carbocycles. The molecule has 1 heterocycles. The van der Waals surface area contributed by atoms with Gasteiger partial charge in [-0.2, -0.15) is 5.26 Å². The van der Waals surface area contributed by atoms with Gasteiger partial charge in [-0.1, -0.05) is 31.0 Å². The molecule has 5 nitrogen and oxygen atoms in total. The Morgan fingerprint density at radius 3 is 2.67 bits per heavy atom. The lowest BCUT2D eigenvalue weighted by molar-refractivity contribution is 0.102. The van der Waals surface area contributed by atoms with Crippen molar-refractivity contribution in [3.05, 3.63) is 47.5 Å². The summed E-state index contributed by atoms with van der Waals surface area (Å²) in [6.07, 6.45) is 4.69. The first-order valence-corrected chi connectivity index (χ1v) is 8.79. The molecule has 1 aromatic heterocycles. The summed E-state index contributed by atoms with van der Waals surface area (Å²) in [7, 11) is 0. The van der Waals surface area contributed by atoms with Gasteiger partial charge in [0.2, 0.25) is 0 Å². The van der Waals surface area contributed by atoms with Gasteiger partial charge in [-0.3, -0.25) is 4.79 Å². The molecule has 2 aromatic rings. The number of nitrogens with two attached hydrogens (primary N) is 1. The van der Waals surface area contributed by atoms with Crippen LogP contribution in [0.5, 0.6) is 0 Å². The standard InChI is InChI=1S/C18H18N4OS/c19-11-12-10-15(17(23)21-13-6-2-1-3-7-13)16(20)22-18(12)24-14-8-4-5-9-14/h1-3,6-7,10,14H,4-5,8-9H2,(H2,20,22)(H,21,23). The molecule has 1 amide bonds. The van der Waals surface area contributed by atoms with Crippen molar-refractivity contribution in [2.24, 2.45) is 0 Å². The average molecular weight is 338 g/mol. The second-order valence-corrected chi connectivity index (χ2v) is 7.02. The molecule has 0 radical (unpaired) electrons. The predicted octanol–water partition coefficient (Wildman–Crippen LogP) is 3.82. The van der Waals surface area contributed by atoms with Gasteiger partial charge in [0, 0.05) is 10.9 Å². The molecule has 24 heavy (non-hydrogen) atoms. The molecule has 0 atom stereocenters. The lowest BCUT2D eigenvalue weighted by Crippen LogP contribution is -2.16. The van der Waals surface area contributed by atoms with Gasteiger partial charge in [-0.05, 0) is 31.0 Å². The Bertz CT molecular complexity index is 780. The van der Waals surface area contributed by atoms with Gasteiger partial charge in [0.05, 0.1) is 11.1 Å². The van der Waals surface area contributed by atoms with Crippen molar-refractivity contribution in [1.29, 1.82) is 5.26 Å². The normalized spacial score (nSPS) is 14.3. The fraction of sp³-hybridized carbons (Fsp3) is 0.278. The van der Waals surface area contributed by atoms with Gasteiger partial charge in [-0.25, -0.2) is 4.98 Å². The highest BCUT2D eigenvalue weighted by Gasteiger charge is 2.21. The summed E-state index contributed by atoms with van der Waals surface area (Å²) in [5, 5.41) is 13.3. The van der Waals surface area contributed by atoms with Crippen LogP contribution in [0.3, 0.4) is 0 Å². The summed E-state index contributed by atoms with van der Waals surface area (Å²) >= 11 is 1.60. The van der Waals surface area contributed by atoms with E-state index in [4.69, 9.17) is 5.73 Å². The third kappa shape index (κ3) is 3.69. The predicted molar refractivity (Wildman–Crippen MR) is 95.9 cm³/mol. The van der Waals surface area contributed by atoms with Crippen molar-refractivity contribution in [2.45, 2.75) is 36.0 Å². The van der Waals surface area contributed by atoms with Gasteiger partial charge in [0.1, 0.15) is 16.9 Å².